The van der Waals surface area contributed by atoms with Crippen molar-refractivity contribution >= 4 is 40.8 Å². The number of esters is 1. The molecular weight excluding hydrogens is 382 g/mol. The van der Waals surface area contributed by atoms with Gasteiger partial charge >= 0.3 is 12.0 Å². The number of nitrogens with one attached hydrogen (secondary N) is 3. The van der Waals surface area contributed by atoms with Gasteiger partial charge in [-0.25, -0.2) is 9.59 Å². The Labute approximate surface area is 166 Å². The maximum Gasteiger partial charge on any atom is 0.338 e. The van der Waals surface area contributed by atoms with Gasteiger partial charge in [0.25, 0.3) is 11.8 Å². The van der Waals surface area contributed by atoms with Crippen LogP contribution in [0.2, 0.25) is 0 Å². The zero-order chi connectivity index (χ0) is 20.7. The summed E-state index contributed by atoms with van der Waals surface area (Å²) >= 11 is 1.30. The third-order valence-corrected chi connectivity index (χ3v) is 4.28. The minimum absolute atomic E-state index is 0.141. The lowest BCUT2D eigenvalue weighted by molar-refractivity contribution is -0.127. The monoisotopic (exact) mass is 403 g/mol. The highest BCUT2D eigenvalue weighted by Crippen LogP contribution is 2.16. The van der Waals surface area contributed by atoms with Crippen LogP contribution in [0.15, 0.2) is 41.8 Å². The Morgan fingerprint density at radius 3 is 2.43 bits per heavy atom. The molecule has 0 bridgehead atoms. The van der Waals surface area contributed by atoms with Gasteiger partial charge in [-0.3, -0.25) is 14.9 Å². The zero-order valence-corrected chi connectivity index (χ0v) is 16.5. The van der Waals surface area contributed by atoms with E-state index in [1.165, 1.54) is 30.4 Å². The number of rotatable bonds is 6. The Kier molecular flexibility index (Phi) is 7.28. The standard InChI is InChI=1S/C19H21N3O5S/c1-11(2)20-19(26)22-16(23)12(3)27-18(25)13-6-4-7-14(10-13)21-17(24)15-8-5-9-28-15/h4-12H,1-3H3,(H,21,24)(H2,20,22,23,26)/t12-/m0/s1. The predicted octanol–water partition coefficient (Wildman–Crippen LogP) is 2.78. The SMILES string of the molecule is CC(C)NC(=O)NC(=O)[C@H](C)OC(=O)c1cccc(NC(=O)c2cccs2)c1. The molecule has 0 saturated carbocycles. The summed E-state index contributed by atoms with van der Waals surface area (Å²) in [6.07, 6.45) is -1.17. The van der Waals surface area contributed by atoms with E-state index in [0.717, 1.165) is 0 Å². The third kappa shape index (κ3) is 6.20. The van der Waals surface area contributed by atoms with Crippen LogP contribution in [0.3, 0.4) is 0 Å². The number of ether oxygens (including phenoxy) is 1. The van der Waals surface area contributed by atoms with Gasteiger partial charge in [0, 0.05) is 11.7 Å². The summed E-state index contributed by atoms with van der Waals surface area (Å²) in [5.41, 5.74) is 0.580. The zero-order valence-electron chi connectivity index (χ0n) is 15.6. The topological polar surface area (TPSA) is 114 Å². The number of benzene rings is 1. The van der Waals surface area contributed by atoms with Gasteiger partial charge in [-0.15, -0.1) is 11.3 Å². The molecule has 0 fully saturated rings. The van der Waals surface area contributed by atoms with Crippen LogP contribution in [-0.4, -0.2) is 36.0 Å². The lowest BCUT2D eigenvalue weighted by Crippen LogP contribution is -2.46. The molecule has 3 N–H and O–H groups in total. The van der Waals surface area contributed by atoms with Gasteiger partial charge in [-0.1, -0.05) is 12.1 Å². The number of imide groups is 1. The van der Waals surface area contributed by atoms with Crippen molar-refractivity contribution in [3.05, 3.63) is 52.2 Å². The van der Waals surface area contributed by atoms with Crippen molar-refractivity contribution in [2.45, 2.75) is 32.9 Å². The first-order valence-electron chi connectivity index (χ1n) is 8.53. The second kappa shape index (κ2) is 9.65. The van der Waals surface area contributed by atoms with Crippen LogP contribution in [0.1, 0.15) is 40.8 Å². The van der Waals surface area contributed by atoms with Crippen molar-refractivity contribution in [3.8, 4) is 0 Å². The quantitative estimate of drug-likeness (QED) is 0.642. The summed E-state index contributed by atoms with van der Waals surface area (Å²) in [6.45, 7) is 4.85. The molecule has 1 heterocycles. The van der Waals surface area contributed by atoms with Crippen molar-refractivity contribution in [2.24, 2.45) is 0 Å². The summed E-state index contributed by atoms with van der Waals surface area (Å²) in [5.74, 6) is -1.78. The average Bonchev–Trinajstić information content (AvgIpc) is 3.15. The molecule has 0 aliphatic rings. The van der Waals surface area contributed by atoms with Crippen LogP contribution in [-0.2, 0) is 9.53 Å². The van der Waals surface area contributed by atoms with Gasteiger partial charge in [0.2, 0.25) is 0 Å². The minimum Gasteiger partial charge on any atom is -0.449 e. The highest BCUT2D eigenvalue weighted by atomic mass is 32.1. The molecule has 0 saturated heterocycles. The molecule has 2 rings (SSSR count). The van der Waals surface area contributed by atoms with E-state index in [4.69, 9.17) is 4.74 Å². The van der Waals surface area contributed by atoms with Crippen molar-refractivity contribution in [1.82, 2.24) is 10.6 Å². The molecular formula is C19H21N3O5S. The lowest BCUT2D eigenvalue weighted by Gasteiger charge is -2.14. The summed E-state index contributed by atoms with van der Waals surface area (Å²) in [6, 6.07) is 8.81. The van der Waals surface area contributed by atoms with E-state index < -0.39 is 24.0 Å². The Balaban J connectivity index is 1.95. The fraction of sp³-hybridized carbons (Fsp3) is 0.263. The summed E-state index contributed by atoms with van der Waals surface area (Å²) in [4.78, 5) is 48.4. The van der Waals surface area contributed by atoms with Gasteiger partial charge in [0.15, 0.2) is 6.10 Å². The molecule has 8 nitrogen and oxygen atoms in total. The molecule has 0 aliphatic carbocycles. The van der Waals surface area contributed by atoms with E-state index in [2.05, 4.69) is 16.0 Å². The second-order valence-electron chi connectivity index (χ2n) is 6.18. The number of hydrogen-bond donors (Lipinski definition) is 3. The largest absolute Gasteiger partial charge is 0.449 e. The first-order valence-corrected chi connectivity index (χ1v) is 9.41. The summed E-state index contributed by atoms with van der Waals surface area (Å²) in [7, 11) is 0. The maximum absolute atomic E-state index is 12.3. The molecule has 1 aromatic heterocycles. The number of anilines is 1. The Hall–Kier alpha value is -3.20. The Morgan fingerprint density at radius 2 is 1.79 bits per heavy atom. The van der Waals surface area contributed by atoms with Gasteiger partial charge < -0.3 is 15.4 Å². The average molecular weight is 403 g/mol. The maximum atomic E-state index is 12.3. The van der Waals surface area contributed by atoms with E-state index in [1.54, 1.807) is 43.5 Å². The van der Waals surface area contributed by atoms with Gasteiger partial charge in [0.1, 0.15) is 0 Å². The van der Waals surface area contributed by atoms with Crippen LogP contribution >= 0.6 is 11.3 Å². The van der Waals surface area contributed by atoms with Crippen LogP contribution in [0.5, 0.6) is 0 Å². The molecule has 1 atom stereocenters. The minimum atomic E-state index is -1.17. The third-order valence-electron chi connectivity index (χ3n) is 3.41. The lowest BCUT2D eigenvalue weighted by atomic mass is 10.2. The van der Waals surface area contributed by atoms with E-state index >= 15 is 0 Å². The number of carbonyl (C=O) groups is 4. The molecule has 1 aromatic carbocycles. The fourth-order valence-electron chi connectivity index (χ4n) is 2.12. The molecule has 0 unspecified atom stereocenters. The van der Waals surface area contributed by atoms with Crippen LogP contribution in [0.25, 0.3) is 0 Å². The second-order valence-corrected chi connectivity index (χ2v) is 7.12. The van der Waals surface area contributed by atoms with Crippen molar-refractivity contribution in [2.75, 3.05) is 5.32 Å². The Morgan fingerprint density at radius 1 is 1.04 bits per heavy atom. The molecule has 2 aromatic rings. The molecule has 0 radical (unpaired) electrons. The molecule has 28 heavy (non-hydrogen) atoms. The van der Waals surface area contributed by atoms with Crippen LogP contribution in [0, 0.1) is 0 Å². The van der Waals surface area contributed by atoms with E-state index in [9.17, 15) is 19.2 Å². The van der Waals surface area contributed by atoms with Gasteiger partial charge in [-0.2, -0.15) is 0 Å². The smallest absolute Gasteiger partial charge is 0.338 e. The number of hydrogen-bond acceptors (Lipinski definition) is 6. The van der Waals surface area contributed by atoms with Gasteiger partial charge in [-0.05, 0) is 50.4 Å². The number of urea groups is 1. The molecule has 9 heteroatoms. The van der Waals surface area contributed by atoms with E-state index in [-0.39, 0.29) is 17.5 Å². The fourth-order valence-corrected chi connectivity index (χ4v) is 2.74. The molecule has 148 valence electrons. The van der Waals surface area contributed by atoms with Crippen molar-refractivity contribution < 1.29 is 23.9 Å². The van der Waals surface area contributed by atoms with Crippen molar-refractivity contribution in [3.63, 3.8) is 0 Å². The van der Waals surface area contributed by atoms with E-state index in [1.807, 2.05) is 0 Å². The number of amides is 4. The van der Waals surface area contributed by atoms with Crippen LogP contribution < -0.4 is 16.0 Å². The van der Waals surface area contributed by atoms with Crippen molar-refractivity contribution in [1.29, 1.82) is 0 Å². The highest BCUT2D eigenvalue weighted by Gasteiger charge is 2.21. The molecule has 0 spiro atoms. The van der Waals surface area contributed by atoms with E-state index in [0.29, 0.717) is 10.6 Å². The predicted molar refractivity (Wildman–Crippen MR) is 105 cm³/mol. The van der Waals surface area contributed by atoms with Gasteiger partial charge in [0.05, 0.1) is 10.4 Å². The first kappa shape index (κ1) is 21.1. The number of thiophene rings is 1. The number of carbonyl (C=O) groups excluding carboxylic acids is 4. The normalized spacial score (nSPS) is 11.4. The summed E-state index contributed by atoms with van der Waals surface area (Å²) < 4.78 is 5.09. The Bertz CT molecular complexity index is 864. The summed E-state index contributed by atoms with van der Waals surface area (Å²) in [5, 5.41) is 9.08. The molecule has 4 amide bonds. The molecule has 0 aliphatic heterocycles. The van der Waals surface area contributed by atoms with Crippen LogP contribution in [0.4, 0.5) is 10.5 Å². The highest BCUT2D eigenvalue weighted by molar-refractivity contribution is 7.12. The first-order chi connectivity index (χ1) is 13.3.